The Balaban J connectivity index is 1.91. The zero-order valence-corrected chi connectivity index (χ0v) is 10.4. The minimum atomic E-state index is 0.258. The molecule has 0 spiro atoms. The van der Waals surface area contributed by atoms with Crippen LogP contribution in [0, 0.1) is 12.8 Å². The van der Waals surface area contributed by atoms with Gasteiger partial charge in [-0.05, 0) is 36.9 Å². The van der Waals surface area contributed by atoms with Crippen LogP contribution in [0.4, 0.5) is 0 Å². The molecule has 0 bridgehead atoms. The minimum Gasteiger partial charge on any atom is -0.342 e. The molecule has 1 aromatic carbocycles. The number of rotatable bonds is 4. The molecule has 1 unspecified atom stereocenters. The van der Waals surface area contributed by atoms with Gasteiger partial charge in [-0.1, -0.05) is 24.3 Å². The van der Waals surface area contributed by atoms with Gasteiger partial charge in [-0.15, -0.1) is 0 Å². The van der Waals surface area contributed by atoms with E-state index in [1.807, 2.05) is 11.0 Å². The average molecular weight is 232 g/mol. The SMILES string of the molecule is Cc1ccccc1CCN1CC(CN)CC1=O. The van der Waals surface area contributed by atoms with Gasteiger partial charge < -0.3 is 10.6 Å². The summed E-state index contributed by atoms with van der Waals surface area (Å²) in [5, 5.41) is 0. The normalized spacial score (nSPS) is 20.0. The molecule has 1 fully saturated rings. The van der Waals surface area contributed by atoms with Gasteiger partial charge in [-0.2, -0.15) is 0 Å². The Morgan fingerprint density at radius 2 is 2.18 bits per heavy atom. The lowest BCUT2D eigenvalue weighted by molar-refractivity contribution is -0.127. The molecule has 92 valence electrons. The molecule has 0 aliphatic carbocycles. The van der Waals surface area contributed by atoms with Crippen LogP contribution < -0.4 is 5.73 Å². The summed E-state index contributed by atoms with van der Waals surface area (Å²) in [6.45, 7) is 4.39. The maximum atomic E-state index is 11.7. The largest absolute Gasteiger partial charge is 0.342 e. The maximum Gasteiger partial charge on any atom is 0.222 e. The number of likely N-dealkylation sites (tertiary alicyclic amines) is 1. The molecule has 1 aliphatic heterocycles. The third-order valence-corrected chi connectivity index (χ3v) is 3.54. The zero-order chi connectivity index (χ0) is 12.3. The predicted octanol–water partition coefficient (Wildman–Crippen LogP) is 1.34. The lowest BCUT2D eigenvalue weighted by Gasteiger charge is -2.17. The fourth-order valence-electron chi connectivity index (χ4n) is 2.37. The van der Waals surface area contributed by atoms with Crippen molar-refractivity contribution in [2.24, 2.45) is 11.7 Å². The van der Waals surface area contributed by atoms with Crippen LogP contribution in [0.5, 0.6) is 0 Å². The van der Waals surface area contributed by atoms with Gasteiger partial charge in [0.1, 0.15) is 0 Å². The van der Waals surface area contributed by atoms with E-state index in [9.17, 15) is 4.79 Å². The van der Waals surface area contributed by atoms with E-state index in [0.717, 1.165) is 19.5 Å². The van der Waals surface area contributed by atoms with Gasteiger partial charge in [0.15, 0.2) is 0 Å². The van der Waals surface area contributed by atoms with E-state index in [-0.39, 0.29) is 5.91 Å². The number of hydrogen-bond acceptors (Lipinski definition) is 2. The van der Waals surface area contributed by atoms with E-state index in [2.05, 4.69) is 25.1 Å². The summed E-state index contributed by atoms with van der Waals surface area (Å²) >= 11 is 0. The van der Waals surface area contributed by atoms with Gasteiger partial charge in [0.25, 0.3) is 0 Å². The van der Waals surface area contributed by atoms with E-state index in [1.54, 1.807) is 0 Å². The lowest BCUT2D eigenvalue weighted by Crippen LogP contribution is -2.28. The first-order valence-electron chi connectivity index (χ1n) is 6.23. The second kappa shape index (κ2) is 5.32. The molecule has 0 aromatic heterocycles. The lowest BCUT2D eigenvalue weighted by atomic mass is 10.1. The monoisotopic (exact) mass is 232 g/mol. The Morgan fingerprint density at radius 3 is 2.82 bits per heavy atom. The molecule has 17 heavy (non-hydrogen) atoms. The van der Waals surface area contributed by atoms with E-state index in [1.165, 1.54) is 11.1 Å². The van der Waals surface area contributed by atoms with E-state index >= 15 is 0 Å². The molecular weight excluding hydrogens is 212 g/mol. The van der Waals surface area contributed by atoms with Gasteiger partial charge in [0.05, 0.1) is 0 Å². The van der Waals surface area contributed by atoms with Crippen LogP contribution in [0.15, 0.2) is 24.3 Å². The third kappa shape index (κ3) is 2.86. The Hall–Kier alpha value is -1.35. The van der Waals surface area contributed by atoms with Gasteiger partial charge in [0.2, 0.25) is 5.91 Å². The molecule has 3 heteroatoms. The number of hydrogen-bond donors (Lipinski definition) is 1. The summed E-state index contributed by atoms with van der Waals surface area (Å²) in [5.74, 6) is 0.619. The van der Waals surface area contributed by atoms with Crippen LogP contribution in [0.1, 0.15) is 17.5 Å². The zero-order valence-electron chi connectivity index (χ0n) is 10.4. The first kappa shape index (κ1) is 12.1. The van der Waals surface area contributed by atoms with Gasteiger partial charge in [-0.25, -0.2) is 0 Å². The van der Waals surface area contributed by atoms with Crippen LogP contribution in [0.25, 0.3) is 0 Å². The van der Waals surface area contributed by atoms with Crippen LogP contribution in [-0.4, -0.2) is 30.4 Å². The van der Waals surface area contributed by atoms with Crippen molar-refractivity contribution in [1.29, 1.82) is 0 Å². The number of benzene rings is 1. The topological polar surface area (TPSA) is 46.3 Å². The van der Waals surface area contributed by atoms with Crippen LogP contribution in [-0.2, 0) is 11.2 Å². The summed E-state index contributed by atoms with van der Waals surface area (Å²) in [6, 6.07) is 8.35. The smallest absolute Gasteiger partial charge is 0.222 e. The van der Waals surface area contributed by atoms with Crippen molar-refractivity contribution < 1.29 is 4.79 Å². The summed E-state index contributed by atoms with van der Waals surface area (Å²) in [5.41, 5.74) is 8.24. The molecule has 1 heterocycles. The summed E-state index contributed by atoms with van der Waals surface area (Å²) in [4.78, 5) is 13.7. The second-order valence-electron chi connectivity index (χ2n) is 4.82. The van der Waals surface area contributed by atoms with Crippen molar-refractivity contribution in [3.8, 4) is 0 Å². The number of carbonyl (C=O) groups is 1. The van der Waals surface area contributed by atoms with Crippen molar-refractivity contribution in [3.63, 3.8) is 0 Å². The van der Waals surface area contributed by atoms with Crippen molar-refractivity contribution in [1.82, 2.24) is 4.90 Å². The van der Waals surface area contributed by atoms with Crippen molar-refractivity contribution in [2.45, 2.75) is 19.8 Å². The molecule has 3 nitrogen and oxygen atoms in total. The number of nitrogens with zero attached hydrogens (tertiary/aromatic N) is 1. The standard InChI is InChI=1S/C14H20N2O/c1-11-4-2-3-5-13(11)6-7-16-10-12(9-15)8-14(16)17/h2-5,12H,6-10,15H2,1H3. The fraction of sp³-hybridized carbons (Fsp3) is 0.500. The second-order valence-corrected chi connectivity index (χ2v) is 4.82. The van der Waals surface area contributed by atoms with Gasteiger partial charge >= 0.3 is 0 Å². The molecule has 1 amide bonds. The molecule has 0 saturated carbocycles. The third-order valence-electron chi connectivity index (χ3n) is 3.54. The molecule has 1 aromatic rings. The molecule has 1 atom stereocenters. The predicted molar refractivity (Wildman–Crippen MR) is 68.6 cm³/mol. The Bertz CT molecular complexity index is 403. The maximum absolute atomic E-state index is 11.7. The summed E-state index contributed by atoms with van der Waals surface area (Å²) in [7, 11) is 0. The van der Waals surface area contributed by atoms with Gasteiger partial charge in [0, 0.05) is 19.5 Å². The number of nitrogens with two attached hydrogens (primary N) is 1. The van der Waals surface area contributed by atoms with E-state index in [0.29, 0.717) is 18.9 Å². The van der Waals surface area contributed by atoms with Crippen LogP contribution in [0.3, 0.4) is 0 Å². The quantitative estimate of drug-likeness (QED) is 0.851. The first-order chi connectivity index (χ1) is 8.20. The molecular formula is C14H20N2O. The highest BCUT2D eigenvalue weighted by Crippen LogP contribution is 2.17. The highest BCUT2D eigenvalue weighted by atomic mass is 16.2. The summed E-state index contributed by atoms with van der Waals surface area (Å²) < 4.78 is 0. The van der Waals surface area contributed by atoms with Crippen LogP contribution >= 0.6 is 0 Å². The molecule has 1 saturated heterocycles. The Kier molecular flexibility index (Phi) is 3.79. The number of carbonyl (C=O) groups excluding carboxylic acids is 1. The van der Waals surface area contributed by atoms with Crippen LogP contribution in [0.2, 0.25) is 0 Å². The minimum absolute atomic E-state index is 0.258. The number of amides is 1. The van der Waals surface area contributed by atoms with E-state index in [4.69, 9.17) is 5.73 Å². The number of aryl methyl sites for hydroxylation is 1. The summed E-state index contributed by atoms with van der Waals surface area (Å²) in [6.07, 6.45) is 1.57. The van der Waals surface area contributed by atoms with Crippen molar-refractivity contribution in [3.05, 3.63) is 35.4 Å². The van der Waals surface area contributed by atoms with Crippen molar-refractivity contribution in [2.75, 3.05) is 19.6 Å². The molecule has 0 radical (unpaired) electrons. The Morgan fingerprint density at radius 1 is 1.41 bits per heavy atom. The van der Waals surface area contributed by atoms with E-state index < -0.39 is 0 Å². The molecule has 2 rings (SSSR count). The average Bonchev–Trinajstić information content (AvgIpc) is 2.69. The molecule has 1 aliphatic rings. The highest BCUT2D eigenvalue weighted by molar-refractivity contribution is 5.78. The first-order valence-corrected chi connectivity index (χ1v) is 6.23. The van der Waals surface area contributed by atoms with Crippen molar-refractivity contribution >= 4 is 5.91 Å². The molecule has 2 N–H and O–H groups in total. The Labute approximate surface area is 103 Å². The highest BCUT2D eigenvalue weighted by Gasteiger charge is 2.27. The van der Waals surface area contributed by atoms with Gasteiger partial charge in [-0.3, -0.25) is 4.79 Å². The fourth-order valence-corrected chi connectivity index (χ4v) is 2.37.